The molecule has 0 aliphatic heterocycles. The number of aromatic nitrogens is 3. The first-order chi connectivity index (χ1) is 14.6. The fourth-order valence-electron chi connectivity index (χ4n) is 2.75. The Bertz CT molecular complexity index is 1150. The number of anilines is 1. The zero-order chi connectivity index (χ0) is 20.9. The summed E-state index contributed by atoms with van der Waals surface area (Å²) in [4.78, 5) is 35.8. The number of amides is 1. The number of hydrogen-bond donors (Lipinski definition) is 2. The molecular formula is C22H18N4O3S. The summed E-state index contributed by atoms with van der Waals surface area (Å²) in [5.74, 6) is -0.307. The number of aryl methyl sites for hydroxylation is 1. The lowest BCUT2D eigenvalue weighted by atomic mass is 10.1. The largest absolute Gasteiger partial charge is 0.452 e. The van der Waals surface area contributed by atoms with Gasteiger partial charge in [0.05, 0.1) is 11.3 Å². The summed E-state index contributed by atoms with van der Waals surface area (Å²) < 4.78 is 5.10. The summed E-state index contributed by atoms with van der Waals surface area (Å²) in [5.41, 5.74) is 4.13. The van der Waals surface area contributed by atoms with Crippen LogP contribution < -0.4 is 5.32 Å². The molecule has 0 fully saturated rings. The molecule has 1 amide bonds. The van der Waals surface area contributed by atoms with Crippen LogP contribution in [0.5, 0.6) is 0 Å². The van der Waals surface area contributed by atoms with Crippen molar-refractivity contribution in [1.82, 2.24) is 15.0 Å². The van der Waals surface area contributed by atoms with Gasteiger partial charge in [0.25, 0.3) is 5.91 Å². The van der Waals surface area contributed by atoms with Crippen LogP contribution in [0.4, 0.5) is 5.13 Å². The van der Waals surface area contributed by atoms with Crippen molar-refractivity contribution < 1.29 is 14.3 Å². The third-order valence-corrected chi connectivity index (χ3v) is 5.08. The van der Waals surface area contributed by atoms with E-state index in [0.717, 1.165) is 16.8 Å². The Morgan fingerprint density at radius 1 is 1.07 bits per heavy atom. The molecule has 0 bridgehead atoms. The predicted molar refractivity (Wildman–Crippen MR) is 115 cm³/mol. The van der Waals surface area contributed by atoms with Crippen LogP contribution in [0.3, 0.4) is 0 Å². The predicted octanol–water partition coefficient (Wildman–Crippen LogP) is 4.30. The monoisotopic (exact) mass is 418 g/mol. The molecular weight excluding hydrogens is 400 g/mol. The second-order valence-corrected chi connectivity index (χ2v) is 7.40. The van der Waals surface area contributed by atoms with Gasteiger partial charge in [0.1, 0.15) is 5.82 Å². The van der Waals surface area contributed by atoms with E-state index >= 15 is 0 Å². The Kier molecular flexibility index (Phi) is 5.67. The van der Waals surface area contributed by atoms with Crippen LogP contribution in [0, 0.1) is 6.92 Å². The van der Waals surface area contributed by atoms with Gasteiger partial charge < -0.3 is 9.72 Å². The first kappa shape index (κ1) is 19.5. The highest BCUT2D eigenvalue weighted by molar-refractivity contribution is 7.14. The summed E-state index contributed by atoms with van der Waals surface area (Å²) >= 11 is 1.32. The van der Waals surface area contributed by atoms with Crippen molar-refractivity contribution in [3.63, 3.8) is 0 Å². The molecule has 0 saturated heterocycles. The Morgan fingerprint density at radius 3 is 2.50 bits per heavy atom. The van der Waals surface area contributed by atoms with Crippen molar-refractivity contribution >= 4 is 28.3 Å². The molecule has 0 radical (unpaired) electrons. The third-order valence-electron chi connectivity index (χ3n) is 4.32. The molecule has 2 aromatic heterocycles. The second kappa shape index (κ2) is 8.71. The average molecular weight is 418 g/mol. The van der Waals surface area contributed by atoms with Crippen LogP contribution in [-0.2, 0) is 9.53 Å². The lowest BCUT2D eigenvalue weighted by Crippen LogP contribution is -2.20. The quantitative estimate of drug-likeness (QED) is 0.455. The van der Waals surface area contributed by atoms with Crippen LogP contribution in [0.1, 0.15) is 15.9 Å². The maximum Gasteiger partial charge on any atom is 0.338 e. The number of benzene rings is 2. The zero-order valence-electron chi connectivity index (χ0n) is 16.1. The summed E-state index contributed by atoms with van der Waals surface area (Å²) in [5, 5.41) is 4.98. The first-order valence-electron chi connectivity index (χ1n) is 9.18. The van der Waals surface area contributed by atoms with Crippen molar-refractivity contribution in [2.24, 2.45) is 0 Å². The number of ether oxygens (including phenoxy) is 1. The van der Waals surface area contributed by atoms with Crippen LogP contribution >= 0.6 is 11.3 Å². The summed E-state index contributed by atoms with van der Waals surface area (Å²) in [6.07, 6.45) is 3.38. The molecule has 0 saturated carbocycles. The van der Waals surface area contributed by atoms with Gasteiger partial charge in [-0.15, -0.1) is 11.3 Å². The van der Waals surface area contributed by atoms with E-state index in [9.17, 15) is 9.59 Å². The highest BCUT2D eigenvalue weighted by atomic mass is 32.1. The van der Waals surface area contributed by atoms with Gasteiger partial charge in [-0.2, -0.15) is 0 Å². The standard InChI is InChI=1S/C22H18N4O3S/c1-14-2-4-15(5-3-14)18-13-30-22(25-18)26-19(27)12-29-21(28)17-8-6-16(7-9-17)20-23-10-11-24-20/h2-11,13H,12H2,1H3,(H,23,24)(H,25,26,27). The van der Waals surface area contributed by atoms with Gasteiger partial charge in [-0.05, 0) is 19.1 Å². The Balaban J connectivity index is 1.30. The smallest absolute Gasteiger partial charge is 0.338 e. The average Bonchev–Trinajstić information content (AvgIpc) is 3.45. The maximum absolute atomic E-state index is 12.2. The Hall–Kier alpha value is -3.78. The lowest BCUT2D eigenvalue weighted by Gasteiger charge is -2.05. The molecule has 0 atom stereocenters. The molecule has 0 unspecified atom stereocenters. The van der Waals surface area contributed by atoms with Crippen molar-refractivity contribution in [2.45, 2.75) is 6.92 Å². The van der Waals surface area contributed by atoms with E-state index in [2.05, 4.69) is 20.3 Å². The topological polar surface area (TPSA) is 97.0 Å². The van der Waals surface area contributed by atoms with Gasteiger partial charge in [-0.3, -0.25) is 10.1 Å². The SMILES string of the molecule is Cc1ccc(-c2csc(NC(=O)COC(=O)c3ccc(-c4ncc[nH]4)cc3)n2)cc1. The number of thiazole rings is 1. The number of carbonyl (C=O) groups excluding carboxylic acids is 2. The molecule has 4 rings (SSSR count). The van der Waals surface area contributed by atoms with Gasteiger partial charge in [0.15, 0.2) is 11.7 Å². The number of rotatable bonds is 6. The van der Waals surface area contributed by atoms with Crippen LogP contribution in [0.25, 0.3) is 22.6 Å². The lowest BCUT2D eigenvalue weighted by molar-refractivity contribution is -0.119. The minimum atomic E-state index is -0.573. The van der Waals surface area contributed by atoms with Gasteiger partial charge in [0, 0.05) is 28.9 Å². The van der Waals surface area contributed by atoms with Gasteiger partial charge in [-0.1, -0.05) is 42.0 Å². The summed E-state index contributed by atoms with van der Waals surface area (Å²) in [6.45, 7) is 1.63. The highest BCUT2D eigenvalue weighted by Crippen LogP contribution is 2.25. The number of carbonyl (C=O) groups is 2. The van der Waals surface area contributed by atoms with Gasteiger partial charge in [0.2, 0.25) is 0 Å². The second-order valence-electron chi connectivity index (χ2n) is 6.54. The van der Waals surface area contributed by atoms with Crippen molar-refractivity contribution in [3.05, 3.63) is 77.4 Å². The molecule has 0 aliphatic carbocycles. The van der Waals surface area contributed by atoms with Crippen molar-refractivity contribution in [1.29, 1.82) is 0 Å². The number of nitrogens with one attached hydrogen (secondary N) is 2. The molecule has 2 N–H and O–H groups in total. The number of hydrogen-bond acceptors (Lipinski definition) is 6. The molecule has 7 nitrogen and oxygen atoms in total. The van der Waals surface area contributed by atoms with E-state index in [1.165, 1.54) is 16.9 Å². The van der Waals surface area contributed by atoms with E-state index in [1.54, 1.807) is 36.7 Å². The molecule has 0 aliphatic rings. The number of H-pyrrole nitrogens is 1. The molecule has 4 aromatic rings. The van der Waals surface area contributed by atoms with E-state index in [0.29, 0.717) is 16.5 Å². The molecule has 30 heavy (non-hydrogen) atoms. The Labute approximate surface area is 176 Å². The van der Waals surface area contributed by atoms with Crippen LogP contribution in [0.15, 0.2) is 66.3 Å². The van der Waals surface area contributed by atoms with E-state index in [-0.39, 0.29) is 0 Å². The van der Waals surface area contributed by atoms with Crippen molar-refractivity contribution in [3.8, 4) is 22.6 Å². The third kappa shape index (κ3) is 4.61. The van der Waals surface area contributed by atoms with Gasteiger partial charge >= 0.3 is 5.97 Å². The molecule has 2 heterocycles. The molecule has 0 spiro atoms. The summed E-state index contributed by atoms with van der Waals surface area (Å²) in [6, 6.07) is 14.8. The number of esters is 1. The number of nitrogens with zero attached hydrogens (tertiary/aromatic N) is 2. The summed E-state index contributed by atoms with van der Waals surface area (Å²) in [7, 11) is 0. The normalized spacial score (nSPS) is 10.6. The van der Waals surface area contributed by atoms with Crippen LogP contribution in [-0.4, -0.2) is 33.4 Å². The van der Waals surface area contributed by atoms with Gasteiger partial charge in [-0.25, -0.2) is 14.8 Å². The fourth-order valence-corrected chi connectivity index (χ4v) is 3.48. The highest BCUT2D eigenvalue weighted by Gasteiger charge is 2.13. The van der Waals surface area contributed by atoms with Crippen LogP contribution in [0.2, 0.25) is 0 Å². The Morgan fingerprint density at radius 2 is 1.80 bits per heavy atom. The van der Waals surface area contributed by atoms with E-state index < -0.39 is 18.5 Å². The van der Waals surface area contributed by atoms with Crippen molar-refractivity contribution in [2.75, 3.05) is 11.9 Å². The fraction of sp³-hybridized carbons (Fsp3) is 0.0909. The maximum atomic E-state index is 12.2. The zero-order valence-corrected chi connectivity index (χ0v) is 16.9. The minimum Gasteiger partial charge on any atom is -0.452 e. The molecule has 2 aromatic carbocycles. The minimum absolute atomic E-state index is 0.356. The number of aromatic amines is 1. The molecule has 8 heteroatoms. The van der Waals surface area contributed by atoms with E-state index in [4.69, 9.17) is 4.74 Å². The van der Waals surface area contributed by atoms with E-state index in [1.807, 2.05) is 36.6 Å². The molecule has 150 valence electrons. The first-order valence-corrected chi connectivity index (χ1v) is 10.1. The number of imidazole rings is 1.